The lowest BCUT2D eigenvalue weighted by Crippen LogP contribution is -2.43. The summed E-state index contributed by atoms with van der Waals surface area (Å²) in [5, 5.41) is 0. The first-order valence-electron chi connectivity index (χ1n) is 4.74. The fraction of sp³-hybridized carbons (Fsp3) is 0.545. The number of rotatable bonds is 3. The highest BCUT2D eigenvalue weighted by atomic mass is 15.3. The van der Waals surface area contributed by atoms with E-state index in [1.165, 1.54) is 5.57 Å². The van der Waals surface area contributed by atoms with Gasteiger partial charge in [0.15, 0.2) is 0 Å². The van der Waals surface area contributed by atoms with Crippen LogP contribution in [-0.4, -0.2) is 24.2 Å². The van der Waals surface area contributed by atoms with Gasteiger partial charge in [0.1, 0.15) is 5.82 Å². The van der Waals surface area contributed by atoms with Crippen LogP contribution < -0.4 is 0 Å². The summed E-state index contributed by atoms with van der Waals surface area (Å²) in [4.78, 5) is 6.49. The second-order valence-corrected chi connectivity index (χ2v) is 3.72. The van der Waals surface area contributed by atoms with Gasteiger partial charge in [-0.15, -0.1) is 0 Å². The highest BCUT2D eigenvalue weighted by molar-refractivity contribution is 5.78. The molecule has 1 aliphatic heterocycles. The highest BCUT2D eigenvalue weighted by Crippen LogP contribution is 2.19. The lowest BCUT2D eigenvalue weighted by atomic mass is 10.0. The largest absolute Gasteiger partial charge is 0.356 e. The zero-order chi connectivity index (χ0) is 9.84. The molecule has 0 radical (unpaired) electrons. The van der Waals surface area contributed by atoms with Gasteiger partial charge in [0.25, 0.3) is 0 Å². The molecule has 0 aromatic rings. The van der Waals surface area contributed by atoms with Crippen LogP contribution in [0.15, 0.2) is 29.0 Å². The van der Waals surface area contributed by atoms with Crippen LogP contribution in [0.4, 0.5) is 0 Å². The minimum absolute atomic E-state index is 0.801. The monoisotopic (exact) mass is 178 g/mol. The third-order valence-corrected chi connectivity index (χ3v) is 2.30. The minimum Gasteiger partial charge on any atom is -0.356 e. The average molecular weight is 178 g/mol. The van der Waals surface area contributed by atoms with E-state index in [1.807, 2.05) is 26.1 Å². The molecule has 2 nitrogen and oxygen atoms in total. The minimum atomic E-state index is 0.801. The van der Waals surface area contributed by atoms with Crippen LogP contribution in [-0.2, 0) is 0 Å². The standard InChI is InChI=1S/C11H18N2/c1-5-9(2)6-12-11(4)13-7-10(3)8-13/h5-6,10H,4,7-8H2,1-3H3/b9-5-,12-6?. The second kappa shape index (κ2) is 4.26. The van der Waals surface area contributed by atoms with Gasteiger partial charge in [-0.25, -0.2) is 4.99 Å². The Labute approximate surface area is 80.7 Å². The Kier molecular flexibility index (Phi) is 3.29. The Morgan fingerprint density at radius 3 is 2.62 bits per heavy atom. The molecule has 1 aliphatic rings. The molecule has 0 aromatic carbocycles. The first-order chi connectivity index (χ1) is 6.13. The molecule has 0 saturated carbocycles. The van der Waals surface area contributed by atoms with Gasteiger partial charge in [-0.3, -0.25) is 0 Å². The maximum Gasteiger partial charge on any atom is 0.121 e. The molecular formula is C11H18N2. The molecule has 0 unspecified atom stereocenters. The molecule has 0 amide bonds. The van der Waals surface area contributed by atoms with E-state index in [-0.39, 0.29) is 0 Å². The Balaban J connectivity index is 2.38. The third kappa shape index (κ3) is 2.72. The van der Waals surface area contributed by atoms with E-state index in [2.05, 4.69) is 23.4 Å². The normalized spacial score (nSPS) is 19.3. The molecule has 0 atom stereocenters. The van der Waals surface area contributed by atoms with Crippen molar-refractivity contribution in [1.29, 1.82) is 0 Å². The van der Waals surface area contributed by atoms with E-state index in [4.69, 9.17) is 0 Å². The average Bonchev–Trinajstić information content (AvgIpc) is 2.08. The van der Waals surface area contributed by atoms with Gasteiger partial charge in [0, 0.05) is 19.3 Å². The molecule has 2 heteroatoms. The summed E-state index contributed by atoms with van der Waals surface area (Å²) >= 11 is 0. The zero-order valence-electron chi connectivity index (χ0n) is 8.75. The Bertz CT molecular complexity index is 245. The van der Waals surface area contributed by atoms with Crippen molar-refractivity contribution < 1.29 is 0 Å². The van der Waals surface area contributed by atoms with E-state index < -0.39 is 0 Å². The van der Waals surface area contributed by atoms with Crippen molar-refractivity contribution in [2.24, 2.45) is 10.9 Å². The fourth-order valence-corrected chi connectivity index (χ4v) is 1.24. The smallest absolute Gasteiger partial charge is 0.121 e. The van der Waals surface area contributed by atoms with Crippen LogP contribution in [0.5, 0.6) is 0 Å². The molecule has 1 fully saturated rings. The summed E-state index contributed by atoms with van der Waals surface area (Å²) in [6, 6.07) is 0. The van der Waals surface area contributed by atoms with E-state index >= 15 is 0 Å². The van der Waals surface area contributed by atoms with Crippen molar-refractivity contribution in [3.8, 4) is 0 Å². The van der Waals surface area contributed by atoms with Crippen LogP contribution in [0.25, 0.3) is 0 Å². The maximum absolute atomic E-state index is 4.29. The van der Waals surface area contributed by atoms with Crippen molar-refractivity contribution in [3.63, 3.8) is 0 Å². The number of hydrogen-bond donors (Lipinski definition) is 0. The molecule has 0 aliphatic carbocycles. The first kappa shape index (κ1) is 10.0. The topological polar surface area (TPSA) is 15.6 Å². The number of hydrogen-bond acceptors (Lipinski definition) is 2. The summed E-state index contributed by atoms with van der Waals surface area (Å²) in [7, 11) is 0. The Morgan fingerprint density at radius 2 is 2.15 bits per heavy atom. The molecule has 0 bridgehead atoms. The summed E-state index contributed by atoms with van der Waals surface area (Å²) in [5.74, 6) is 1.69. The molecule has 0 N–H and O–H groups in total. The second-order valence-electron chi connectivity index (χ2n) is 3.72. The third-order valence-electron chi connectivity index (χ3n) is 2.30. The van der Waals surface area contributed by atoms with Gasteiger partial charge >= 0.3 is 0 Å². The predicted octanol–water partition coefficient (Wildman–Crippen LogP) is 2.45. The molecule has 0 spiro atoms. The van der Waals surface area contributed by atoms with E-state index in [0.717, 1.165) is 24.8 Å². The van der Waals surface area contributed by atoms with E-state index in [1.54, 1.807) is 0 Å². The van der Waals surface area contributed by atoms with Gasteiger partial charge in [0.05, 0.1) is 0 Å². The summed E-state index contributed by atoms with van der Waals surface area (Å²) in [6.45, 7) is 12.4. The van der Waals surface area contributed by atoms with Gasteiger partial charge in [0.2, 0.25) is 0 Å². The van der Waals surface area contributed by atoms with Crippen LogP contribution in [0.1, 0.15) is 20.8 Å². The molecule has 1 rings (SSSR count). The highest BCUT2D eigenvalue weighted by Gasteiger charge is 2.22. The predicted molar refractivity (Wildman–Crippen MR) is 57.8 cm³/mol. The Hall–Kier alpha value is -1.05. The quantitative estimate of drug-likeness (QED) is 0.606. The van der Waals surface area contributed by atoms with Crippen molar-refractivity contribution in [2.45, 2.75) is 20.8 Å². The van der Waals surface area contributed by atoms with Crippen LogP contribution >= 0.6 is 0 Å². The van der Waals surface area contributed by atoms with Crippen molar-refractivity contribution in [2.75, 3.05) is 13.1 Å². The summed E-state index contributed by atoms with van der Waals surface area (Å²) in [6.07, 6.45) is 3.90. The number of allylic oxidation sites excluding steroid dienone is 2. The first-order valence-corrected chi connectivity index (χ1v) is 4.74. The van der Waals surface area contributed by atoms with Gasteiger partial charge < -0.3 is 4.90 Å². The van der Waals surface area contributed by atoms with Crippen LogP contribution in [0.2, 0.25) is 0 Å². The summed E-state index contributed by atoms with van der Waals surface area (Å²) in [5.41, 5.74) is 1.18. The summed E-state index contributed by atoms with van der Waals surface area (Å²) < 4.78 is 0. The molecule has 1 saturated heterocycles. The van der Waals surface area contributed by atoms with E-state index in [9.17, 15) is 0 Å². The molecule has 13 heavy (non-hydrogen) atoms. The van der Waals surface area contributed by atoms with Gasteiger partial charge in [-0.1, -0.05) is 19.6 Å². The Morgan fingerprint density at radius 1 is 1.54 bits per heavy atom. The lowest BCUT2D eigenvalue weighted by molar-refractivity contribution is 0.157. The SMILES string of the molecule is C=C(N=C/C(C)=C\C)N1CC(C)C1. The maximum atomic E-state index is 4.29. The molecular weight excluding hydrogens is 160 g/mol. The van der Waals surface area contributed by atoms with Crippen molar-refractivity contribution >= 4 is 6.21 Å². The van der Waals surface area contributed by atoms with Gasteiger partial charge in [-0.2, -0.15) is 0 Å². The number of nitrogens with zero attached hydrogens (tertiary/aromatic N) is 2. The van der Waals surface area contributed by atoms with Crippen molar-refractivity contribution in [1.82, 2.24) is 4.90 Å². The van der Waals surface area contributed by atoms with E-state index in [0.29, 0.717) is 0 Å². The number of likely N-dealkylation sites (tertiary alicyclic amines) is 1. The van der Waals surface area contributed by atoms with Crippen LogP contribution in [0.3, 0.4) is 0 Å². The molecule has 72 valence electrons. The van der Waals surface area contributed by atoms with Crippen LogP contribution in [0, 0.1) is 5.92 Å². The molecule has 1 heterocycles. The fourth-order valence-electron chi connectivity index (χ4n) is 1.24. The zero-order valence-corrected chi connectivity index (χ0v) is 8.75. The number of aliphatic imine (C=N–C) groups is 1. The lowest BCUT2D eigenvalue weighted by Gasteiger charge is -2.38. The van der Waals surface area contributed by atoms with Crippen molar-refractivity contribution in [3.05, 3.63) is 24.0 Å². The van der Waals surface area contributed by atoms with Gasteiger partial charge in [-0.05, 0) is 25.3 Å². The molecule has 0 aromatic heterocycles.